The molecule has 0 aliphatic heterocycles. The van der Waals surface area contributed by atoms with Gasteiger partial charge in [-0.3, -0.25) is 9.59 Å². The topological polar surface area (TPSA) is 92.4 Å². The van der Waals surface area contributed by atoms with E-state index in [1.807, 2.05) is 80.7 Å². The fraction of sp³-hybridized carbons (Fsp3) is 0.469. The highest BCUT2D eigenvalue weighted by Crippen LogP contribution is 2.19. The van der Waals surface area contributed by atoms with Gasteiger partial charge in [-0.05, 0) is 56.9 Å². The van der Waals surface area contributed by atoms with Gasteiger partial charge in [0.15, 0.2) is 0 Å². The van der Waals surface area contributed by atoms with Gasteiger partial charge in [0.05, 0.1) is 17.2 Å². The number of thiazole rings is 1. The minimum Gasteiger partial charge on any atom is -0.489 e. The van der Waals surface area contributed by atoms with Crippen LogP contribution in [-0.2, 0) is 29.0 Å². The maximum Gasteiger partial charge on any atom is 0.243 e. The fourth-order valence-electron chi connectivity index (χ4n) is 4.97. The standard InChI is InChI=1S/C32H42N4O3S/c1-32(2,3)36-31(38)28(18-23-14-16-27(17-15-23)39-20-24-10-6-4-7-11-24)35-30(37)29(19-26-21-40-22-33-26)34-25-12-8-5-9-13-25/h4,6-7,10-11,14-17,21-22,25,28-29,34H,5,8-9,12-13,18-20H2,1-3H3,(H,35,37)(H,36,38)/t28-,29+/m1/s1. The van der Waals surface area contributed by atoms with Crippen LogP contribution in [0.1, 0.15) is 69.7 Å². The monoisotopic (exact) mass is 562 g/mol. The zero-order chi connectivity index (χ0) is 28.4. The third kappa shape index (κ3) is 9.75. The molecule has 1 fully saturated rings. The molecular formula is C32H42N4O3S. The van der Waals surface area contributed by atoms with Crippen LogP contribution < -0.4 is 20.7 Å². The van der Waals surface area contributed by atoms with Gasteiger partial charge in [0.2, 0.25) is 11.8 Å². The minimum atomic E-state index is -0.714. The first-order valence-corrected chi connectivity index (χ1v) is 15.2. The number of carbonyl (C=O) groups is 2. The Balaban J connectivity index is 1.44. The fourth-order valence-corrected chi connectivity index (χ4v) is 5.54. The number of ether oxygens (including phenoxy) is 1. The molecule has 3 aromatic rings. The van der Waals surface area contributed by atoms with Gasteiger partial charge >= 0.3 is 0 Å². The van der Waals surface area contributed by atoms with Crippen LogP contribution in [-0.4, -0.2) is 40.5 Å². The summed E-state index contributed by atoms with van der Waals surface area (Å²) < 4.78 is 5.92. The number of rotatable bonds is 12. The predicted octanol–water partition coefficient (Wildman–Crippen LogP) is 5.20. The molecule has 40 heavy (non-hydrogen) atoms. The summed E-state index contributed by atoms with van der Waals surface area (Å²) in [5, 5.41) is 11.7. The van der Waals surface area contributed by atoms with Crippen LogP contribution in [0, 0.1) is 0 Å². The highest BCUT2D eigenvalue weighted by molar-refractivity contribution is 7.07. The van der Waals surface area contributed by atoms with Crippen molar-refractivity contribution in [3.63, 3.8) is 0 Å². The largest absolute Gasteiger partial charge is 0.489 e. The van der Waals surface area contributed by atoms with Crippen molar-refractivity contribution in [1.29, 1.82) is 0 Å². The first-order valence-electron chi connectivity index (χ1n) is 14.3. The molecule has 7 nitrogen and oxygen atoms in total. The average Bonchev–Trinajstić information content (AvgIpc) is 3.45. The number of hydrogen-bond donors (Lipinski definition) is 3. The Kier molecular flexibility index (Phi) is 10.7. The van der Waals surface area contributed by atoms with Gasteiger partial charge < -0.3 is 20.7 Å². The molecular weight excluding hydrogens is 520 g/mol. The second-order valence-corrected chi connectivity index (χ2v) is 12.4. The molecule has 2 amide bonds. The van der Waals surface area contributed by atoms with Crippen molar-refractivity contribution in [1.82, 2.24) is 20.9 Å². The number of nitrogens with zero attached hydrogens (tertiary/aromatic N) is 1. The van der Waals surface area contributed by atoms with Gasteiger partial charge in [-0.15, -0.1) is 11.3 Å². The molecule has 2 atom stereocenters. The van der Waals surface area contributed by atoms with Crippen molar-refractivity contribution in [3.8, 4) is 5.75 Å². The molecule has 8 heteroatoms. The SMILES string of the molecule is CC(C)(C)NC(=O)[C@@H](Cc1ccc(OCc2ccccc2)cc1)NC(=O)[C@H](Cc1cscn1)NC1CCCCC1. The quantitative estimate of drug-likeness (QED) is 0.282. The van der Waals surface area contributed by atoms with Crippen LogP contribution >= 0.6 is 11.3 Å². The lowest BCUT2D eigenvalue weighted by molar-refractivity contribution is -0.131. The second-order valence-electron chi connectivity index (χ2n) is 11.7. The summed E-state index contributed by atoms with van der Waals surface area (Å²) in [5.41, 5.74) is 4.29. The molecule has 1 saturated carbocycles. The van der Waals surface area contributed by atoms with Crippen molar-refractivity contribution in [2.75, 3.05) is 0 Å². The molecule has 4 rings (SSSR count). The maximum atomic E-state index is 13.7. The lowest BCUT2D eigenvalue weighted by Gasteiger charge is -2.30. The Morgan fingerprint density at radius 2 is 1.65 bits per heavy atom. The maximum absolute atomic E-state index is 13.7. The number of aromatic nitrogens is 1. The molecule has 0 saturated heterocycles. The smallest absolute Gasteiger partial charge is 0.243 e. The van der Waals surface area contributed by atoms with Crippen molar-refractivity contribution in [2.45, 2.75) is 96.0 Å². The normalized spacial score (nSPS) is 15.7. The summed E-state index contributed by atoms with van der Waals surface area (Å²) in [6.45, 7) is 6.32. The molecule has 0 bridgehead atoms. The van der Waals surface area contributed by atoms with Crippen LogP contribution in [0.15, 0.2) is 65.5 Å². The molecule has 1 aliphatic carbocycles. The van der Waals surface area contributed by atoms with Gasteiger partial charge in [-0.1, -0.05) is 61.7 Å². The van der Waals surface area contributed by atoms with E-state index in [1.165, 1.54) is 30.6 Å². The van der Waals surface area contributed by atoms with Crippen LogP contribution in [0.5, 0.6) is 5.75 Å². The summed E-state index contributed by atoms with van der Waals surface area (Å²) >= 11 is 1.52. The first-order chi connectivity index (χ1) is 19.2. The third-order valence-electron chi connectivity index (χ3n) is 7.00. The first kappa shape index (κ1) is 29.7. The van der Waals surface area contributed by atoms with E-state index in [-0.39, 0.29) is 11.8 Å². The molecule has 2 aromatic carbocycles. The Morgan fingerprint density at radius 3 is 2.30 bits per heavy atom. The summed E-state index contributed by atoms with van der Waals surface area (Å²) in [5.74, 6) is 0.387. The predicted molar refractivity (Wildman–Crippen MR) is 160 cm³/mol. The Morgan fingerprint density at radius 1 is 0.925 bits per heavy atom. The summed E-state index contributed by atoms with van der Waals surface area (Å²) in [6, 6.07) is 16.9. The summed E-state index contributed by atoms with van der Waals surface area (Å²) in [6.07, 6.45) is 6.58. The second kappa shape index (κ2) is 14.4. The molecule has 0 radical (unpaired) electrons. The van der Waals surface area contributed by atoms with E-state index in [0.29, 0.717) is 25.5 Å². The van der Waals surface area contributed by atoms with Crippen LogP contribution in [0.3, 0.4) is 0 Å². The van der Waals surface area contributed by atoms with E-state index in [9.17, 15) is 9.59 Å². The van der Waals surface area contributed by atoms with E-state index >= 15 is 0 Å². The lowest BCUT2D eigenvalue weighted by atomic mass is 9.94. The van der Waals surface area contributed by atoms with Gasteiger partial charge in [0, 0.05) is 29.8 Å². The van der Waals surface area contributed by atoms with Crippen molar-refractivity contribution in [3.05, 3.63) is 82.3 Å². The molecule has 0 unspecified atom stereocenters. The van der Waals surface area contributed by atoms with E-state index in [2.05, 4.69) is 20.9 Å². The zero-order valence-corrected chi connectivity index (χ0v) is 24.6. The molecule has 0 spiro atoms. The van der Waals surface area contributed by atoms with Crippen molar-refractivity contribution < 1.29 is 14.3 Å². The number of benzene rings is 2. The van der Waals surface area contributed by atoms with E-state index < -0.39 is 17.6 Å². The zero-order valence-electron chi connectivity index (χ0n) is 23.8. The molecule has 3 N–H and O–H groups in total. The van der Waals surface area contributed by atoms with E-state index in [1.54, 1.807) is 5.51 Å². The Labute approximate surface area is 242 Å². The summed E-state index contributed by atoms with van der Waals surface area (Å²) in [7, 11) is 0. The van der Waals surface area contributed by atoms with Gasteiger partial charge in [-0.2, -0.15) is 0 Å². The Bertz CT molecular complexity index is 1190. The number of amides is 2. The molecule has 1 heterocycles. The van der Waals surface area contributed by atoms with Crippen molar-refractivity contribution in [2.24, 2.45) is 0 Å². The molecule has 1 aromatic heterocycles. The van der Waals surface area contributed by atoms with Gasteiger partial charge in [0.1, 0.15) is 18.4 Å². The summed E-state index contributed by atoms with van der Waals surface area (Å²) in [4.78, 5) is 31.5. The number of carbonyl (C=O) groups excluding carboxylic acids is 2. The van der Waals surface area contributed by atoms with Crippen LogP contribution in [0.25, 0.3) is 0 Å². The average molecular weight is 563 g/mol. The molecule has 214 valence electrons. The highest BCUT2D eigenvalue weighted by atomic mass is 32.1. The lowest BCUT2D eigenvalue weighted by Crippen LogP contribution is -2.57. The third-order valence-corrected chi connectivity index (χ3v) is 7.63. The van der Waals surface area contributed by atoms with Crippen LogP contribution in [0.2, 0.25) is 0 Å². The van der Waals surface area contributed by atoms with Gasteiger partial charge in [0.25, 0.3) is 0 Å². The minimum absolute atomic E-state index is 0.171. The number of nitrogens with one attached hydrogen (secondary N) is 3. The van der Waals surface area contributed by atoms with Gasteiger partial charge in [-0.25, -0.2) is 4.98 Å². The Hall–Kier alpha value is -3.23. The number of hydrogen-bond acceptors (Lipinski definition) is 6. The van der Waals surface area contributed by atoms with E-state index in [0.717, 1.165) is 35.4 Å². The highest BCUT2D eigenvalue weighted by Gasteiger charge is 2.30. The van der Waals surface area contributed by atoms with Crippen LogP contribution in [0.4, 0.5) is 0 Å². The molecule has 1 aliphatic rings. The van der Waals surface area contributed by atoms with Crippen molar-refractivity contribution >= 4 is 23.2 Å². The van der Waals surface area contributed by atoms with E-state index in [4.69, 9.17) is 4.74 Å².